The second-order valence-corrected chi connectivity index (χ2v) is 7.46. The van der Waals surface area contributed by atoms with Crippen LogP contribution in [0.3, 0.4) is 0 Å². The number of rotatable bonds is 6. The molecule has 0 N–H and O–H groups in total. The standard InChI is InChI=1S/C19H32F2/c1-2-3-4-15-5-9-17(10-6-15)18-11-7-16(8-12-18)13-19(21)14-20/h14-18H,2-13H2,1H3/b19-14-. The van der Waals surface area contributed by atoms with Gasteiger partial charge in [0.25, 0.3) is 0 Å². The zero-order valence-corrected chi connectivity index (χ0v) is 13.6. The molecule has 2 fully saturated rings. The third-order valence-electron chi connectivity index (χ3n) is 6.02. The van der Waals surface area contributed by atoms with E-state index in [1.165, 1.54) is 57.8 Å². The minimum absolute atomic E-state index is 0.143. The van der Waals surface area contributed by atoms with E-state index >= 15 is 0 Å². The van der Waals surface area contributed by atoms with Gasteiger partial charge in [-0.2, -0.15) is 0 Å². The van der Waals surface area contributed by atoms with Gasteiger partial charge in [-0.25, -0.2) is 8.78 Å². The predicted octanol–water partition coefficient (Wildman–Crippen LogP) is 6.96. The average molecular weight is 298 g/mol. The molecular formula is C19H32F2. The summed E-state index contributed by atoms with van der Waals surface area (Å²) >= 11 is 0. The fourth-order valence-electron chi connectivity index (χ4n) is 4.63. The van der Waals surface area contributed by atoms with Gasteiger partial charge < -0.3 is 0 Å². The molecule has 0 nitrogen and oxygen atoms in total. The summed E-state index contributed by atoms with van der Waals surface area (Å²) in [5.74, 6) is 2.60. The number of allylic oxidation sites excluding steroid dienone is 1. The maximum absolute atomic E-state index is 13.0. The predicted molar refractivity (Wildman–Crippen MR) is 85.3 cm³/mol. The first-order chi connectivity index (χ1) is 10.2. The molecule has 0 aromatic rings. The molecule has 0 heterocycles. The molecule has 21 heavy (non-hydrogen) atoms. The molecule has 122 valence electrons. The number of hydrogen-bond donors (Lipinski definition) is 0. The lowest BCUT2D eigenvalue weighted by Crippen LogP contribution is -2.26. The topological polar surface area (TPSA) is 0 Å². The van der Waals surface area contributed by atoms with Gasteiger partial charge in [0.15, 0.2) is 0 Å². The SMILES string of the molecule is CCCCC1CCC(C2CCC(C/C(F)=C/F)CC2)CC1. The zero-order chi connectivity index (χ0) is 15.1. The van der Waals surface area contributed by atoms with Crippen LogP contribution in [-0.2, 0) is 0 Å². The molecule has 0 amide bonds. The molecule has 0 atom stereocenters. The molecule has 0 saturated heterocycles. The zero-order valence-electron chi connectivity index (χ0n) is 13.6. The van der Waals surface area contributed by atoms with Gasteiger partial charge in [-0.05, 0) is 62.2 Å². The summed E-state index contributed by atoms with van der Waals surface area (Å²) in [5.41, 5.74) is 0. The summed E-state index contributed by atoms with van der Waals surface area (Å²) in [5, 5.41) is 0. The summed E-state index contributed by atoms with van der Waals surface area (Å²) in [6, 6.07) is 0. The van der Waals surface area contributed by atoms with Crippen molar-refractivity contribution in [2.24, 2.45) is 23.7 Å². The van der Waals surface area contributed by atoms with E-state index in [9.17, 15) is 8.78 Å². The van der Waals surface area contributed by atoms with Crippen molar-refractivity contribution in [3.8, 4) is 0 Å². The monoisotopic (exact) mass is 298 g/mol. The van der Waals surface area contributed by atoms with Gasteiger partial charge in [0.05, 0.1) is 0 Å². The van der Waals surface area contributed by atoms with E-state index in [-0.39, 0.29) is 6.33 Å². The minimum Gasteiger partial charge on any atom is -0.213 e. The molecule has 0 bridgehead atoms. The molecule has 0 spiro atoms. The highest BCUT2D eigenvalue weighted by Gasteiger charge is 2.30. The lowest BCUT2D eigenvalue weighted by Gasteiger charge is -2.37. The van der Waals surface area contributed by atoms with Crippen LogP contribution in [0.5, 0.6) is 0 Å². The Morgan fingerprint density at radius 2 is 1.43 bits per heavy atom. The highest BCUT2D eigenvalue weighted by atomic mass is 19.2. The fourth-order valence-corrected chi connectivity index (χ4v) is 4.63. The maximum atomic E-state index is 13.0. The summed E-state index contributed by atoms with van der Waals surface area (Å²) < 4.78 is 25.1. The first kappa shape index (κ1) is 17.0. The van der Waals surface area contributed by atoms with Crippen molar-refractivity contribution in [1.82, 2.24) is 0 Å². The molecule has 2 aliphatic rings. The molecule has 0 unspecified atom stereocenters. The van der Waals surface area contributed by atoms with Crippen LogP contribution < -0.4 is 0 Å². The third-order valence-corrected chi connectivity index (χ3v) is 6.02. The highest BCUT2D eigenvalue weighted by molar-refractivity contribution is 4.90. The van der Waals surface area contributed by atoms with Crippen molar-refractivity contribution in [3.05, 3.63) is 12.2 Å². The molecule has 0 aromatic carbocycles. The number of unbranched alkanes of at least 4 members (excludes halogenated alkanes) is 1. The quantitative estimate of drug-likeness (QED) is 0.497. The Balaban J connectivity index is 1.67. The smallest absolute Gasteiger partial charge is 0.128 e. The van der Waals surface area contributed by atoms with E-state index in [4.69, 9.17) is 0 Å². The molecule has 2 aliphatic carbocycles. The largest absolute Gasteiger partial charge is 0.213 e. The van der Waals surface area contributed by atoms with E-state index in [1.54, 1.807) is 0 Å². The Morgan fingerprint density at radius 1 is 0.905 bits per heavy atom. The van der Waals surface area contributed by atoms with E-state index in [0.29, 0.717) is 12.3 Å². The Bertz CT molecular complexity index is 308. The van der Waals surface area contributed by atoms with E-state index < -0.39 is 5.83 Å². The highest BCUT2D eigenvalue weighted by Crippen LogP contribution is 2.43. The number of halogens is 2. The van der Waals surface area contributed by atoms with Crippen LogP contribution in [0.1, 0.15) is 84.0 Å². The normalized spacial score (nSPS) is 34.9. The summed E-state index contributed by atoms with van der Waals surface area (Å²) in [4.78, 5) is 0. The summed E-state index contributed by atoms with van der Waals surface area (Å²) in [6.07, 6.45) is 15.0. The Morgan fingerprint density at radius 3 is 1.90 bits per heavy atom. The molecule has 0 aromatic heterocycles. The first-order valence-corrected chi connectivity index (χ1v) is 9.17. The van der Waals surface area contributed by atoms with Crippen molar-refractivity contribution in [1.29, 1.82) is 0 Å². The van der Waals surface area contributed by atoms with Gasteiger partial charge in [-0.15, -0.1) is 0 Å². The van der Waals surface area contributed by atoms with E-state index in [1.807, 2.05) is 0 Å². The van der Waals surface area contributed by atoms with Crippen molar-refractivity contribution in [2.75, 3.05) is 0 Å². The Kier molecular flexibility index (Phi) is 7.19. The molecular weight excluding hydrogens is 266 g/mol. The van der Waals surface area contributed by atoms with Crippen LogP contribution in [0.25, 0.3) is 0 Å². The number of hydrogen-bond acceptors (Lipinski definition) is 0. The van der Waals surface area contributed by atoms with Crippen LogP contribution in [0.2, 0.25) is 0 Å². The summed E-state index contributed by atoms with van der Waals surface area (Å²) in [6.45, 7) is 2.28. The van der Waals surface area contributed by atoms with Crippen LogP contribution in [0.15, 0.2) is 12.2 Å². The maximum Gasteiger partial charge on any atom is 0.128 e. The van der Waals surface area contributed by atoms with Crippen LogP contribution in [0, 0.1) is 23.7 Å². The fraction of sp³-hybridized carbons (Fsp3) is 0.895. The molecule has 0 radical (unpaired) electrons. The lowest BCUT2D eigenvalue weighted by molar-refractivity contribution is 0.141. The average Bonchev–Trinajstić information content (AvgIpc) is 2.54. The van der Waals surface area contributed by atoms with Crippen LogP contribution in [-0.4, -0.2) is 0 Å². The van der Waals surface area contributed by atoms with Crippen molar-refractivity contribution in [3.63, 3.8) is 0 Å². The first-order valence-electron chi connectivity index (χ1n) is 9.17. The lowest BCUT2D eigenvalue weighted by atomic mass is 9.68. The molecule has 2 heteroatoms. The van der Waals surface area contributed by atoms with Crippen LogP contribution in [0.4, 0.5) is 8.78 Å². The van der Waals surface area contributed by atoms with Crippen molar-refractivity contribution >= 4 is 0 Å². The van der Waals surface area contributed by atoms with Gasteiger partial charge in [0, 0.05) is 6.42 Å². The molecule has 2 saturated carbocycles. The molecule has 2 rings (SSSR count). The molecule has 0 aliphatic heterocycles. The Hall–Kier alpha value is -0.400. The van der Waals surface area contributed by atoms with E-state index in [0.717, 1.165) is 30.6 Å². The van der Waals surface area contributed by atoms with Gasteiger partial charge in [0.1, 0.15) is 12.2 Å². The van der Waals surface area contributed by atoms with Gasteiger partial charge >= 0.3 is 0 Å². The Labute approximate surface area is 129 Å². The van der Waals surface area contributed by atoms with Crippen LogP contribution >= 0.6 is 0 Å². The van der Waals surface area contributed by atoms with Crippen molar-refractivity contribution in [2.45, 2.75) is 84.0 Å². The third kappa shape index (κ3) is 5.38. The second-order valence-electron chi connectivity index (χ2n) is 7.46. The van der Waals surface area contributed by atoms with Gasteiger partial charge in [0.2, 0.25) is 0 Å². The minimum atomic E-state index is -0.560. The van der Waals surface area contributed by atoms with Gasteiger partial charge in [-0.3, -0.25) is 0 Å². The van der Waals surface area contributed by atoms with Gasteiger partial charge in [-0.1, -0.05) is 39.0 Å². The van der Waals surface area contributed by atoms with Crippen molar-refractivity contribution < 1.29 is 8.78 Å². The second kappa shape index (κ2) is 8.90. The van der Waals surface area contributed by atoms with E-state index in [2.05, 4.69) is 6.92 Å². The summed E-state index contributed by atoms with van der Waals surface area (Å²) in [7, 11) is 0.